The minimum Gasteiger partial charge on any atom is -0.497 e. The van der Waals surface area contributed by atoms with Gasteiger partial charge in [-0.05, 0) is 23.8 Å². The van der Waals surface area contributed by atoms with Gasteiger partial charge in [-0.1, -0.05) is 44.2 Å². The van der Waals surface area contributed by atoms with Crippen molar-refractivity contribution in [3.8, 4) is 5.75 Å². The number of hydrogen-bond donors (Lipinski definition) is 2. The van der Waals surface area contributed by atoms with Crippen LogP contribution in [-0.4, -0.2) is 24.5 Å². The van der Waals surface area contributed by atoms with Crippen LogP contribution < -0.4 is 10.1 Å². The normalized spacial score (nSPS) is 11.5. The summed E-state index contributed by atoms with van der Waals surface area (Å²) in [5, 5.41) is 4.01. The van der Waals surface area contributed by atoms with Gasteiger partial charge in [0.1, 0.15) is 11.4 Å². The van der Waals surface area contributed by atoms with Crippen molar-refractivity contribution < 1.29 is 9.53 Å². The fourth-order valence-corrected chi connectivity index (χ4v) is 2.74. The first-order valence-electron chi connectivity index (χ1n) is 8.00. The van der Waals surface area contributed by atoms with Gasteiger partial charge in [0.15, 0.2) is 0 Å². The first-order chi connectivity index (χ1) is 11.5. The molecule has 4 heteroatoms. The molecule has 0 saturated heterocycles. The molecule has 0 spiro atoms. The Kier molecular flexibility index (Phi) is 4.30. The molecule has 0 fully saturated rings. The van der Waals surface area contributed by atoms with E-state index in [1.165, 1.54) is 5.56 Å². The highest BCUT2D eigenvalue weighted by molar-refractivity contribution is 5.98. The molecule has 1 aromatic heterocycles. The first kappa shape index (κ1) is 16.1. The predicted octanol–water partition coefficient (Wildman–Crippen LogP) is 3.88. The van der Waals surface area contributed by atoms with Crippen LogP contribution in [0.5, 0.6) is 5.75 Å². The summed E-state index contributed by atoms with van der Waals surface area (Å²) in [5.74, 6) is 0.663. The van der Waals surface area contributed by atoms with E-state index in [0.717, 1.165) is 16.7 Å². The molecule has 0 bridgehead atoms. The Morgan fingerprint density at radius 3 is 2.58 bits per heavy atom. The highest BCUT2D eigenvalue weighted by atomic mass is 16.5. The van der Waals surface area contributed by atoms with Gasteiger partial charge < -0.3 is 15.0 Å². The molecule has 124 valence electrons. The monoisotopic (exact) mass is 322 g/mol. The SMILES string of the molecule is COc1ccc2cc(C(=O)NCC(C)(C)c3ccccc3)[nH]c2c1. The zero-order valence-corrected chi connectivity index (χ0v) is 14.2. The lowest BCUT2D eigenvalue weighted by atomic mass is 9.84. The van der Waals surface area contributed by atoms with E-state index in [2.05, 4.69) is 36.3 Å². The van der Waals surface area contributed by atoms with Gasteiger partial charge in [0.2, 0.25) is 0 Å². The molecule has 3 aromatic rings. The Bertz CT molecular complexity index is 850. The van der Waals surface area contributed by atoms with Gasteiger partial charge >= 0.3 is 0 Å². The molecule has 1 amide bonds. The highest BCUT2D eigenvalue weighted by Crippen LogP contribution is 2.23. The van der Waals surface area contributed by atoms with E-state index in [1.54, 1.807) is 7.11 Å². The number of H-pyrrole nitrogens is 1. The average Bonchev–Trinajstić information content (AvgIpc) is 3.03. The predicted molar refractivity (Wildman–Crippen MR) is 96.7 cm³/mol. The molecule has 2 aromatic carbocycles. The smallest absolute Gasteiger partial charge is 0.267 e. The minimum absolute atomic E-state index is 0.103. The molecule has 0 unspecified atom stereocenters. The summed E-state index contributed by atoms with van der Waals surface area (Å²) < 4.78 is 5.21. The Balaban J connectivity index is 1.73. The zero-order valence-electron chi connectivity index (χ0n) is 14.2. The Hall–Kier alpha value is -2.75. The summed E-state index contributed by atoms with van der Waals surface area (Å²) in [7, 11) is 1.63. The van der Waals surface area contributed by atoms with Crippen molar-refractivity contribution in [2.24, 2.45) is 0 Å². The van der Waals surface area contributed by atoms with Crippen LogP contribution in [0.25, 0.3) is 10.9 Å². The van der Waals surface area contributed by atoms with E-state index in [4.69, 9.17) is 4.74 Å². The van der Waals surface area contributed by atoms with Gasteiger partial charge in [0.25, 0.3) is 5.91 Å². The van der Waals surface area contributed by atoms with Gasteiger partial charge in [-0.2, -0.15) is 0 Å². The van der Waals surface area contributed by atoms with Crippen molar-refractivity contribution in [3.63, 3.8) is 0 Å². The van der Waals surface area contributed by atoms with E-state index in [1.807, 2.05) is 42.5 Å². The van der Waals surface area contributed by atoms with Crippen molar-refractivity contribution in [2.45, 2.75) is 19.3 Å². The summed E-state index contributed by atoms with van der Waals surface area (Å²) in [6.07, 6.45) is 0. The van der Waals surface area contributed by atoms with Crippen molar-refractivity contribution in [3.05, 3.63) is 65.9 Å². The molecule has 0 aliphatic carbocycles. The Morgan fingerprint density at radius 2 is 1.88 bits per heavy atom. The second-order valence-electron chi connectivity index (χ2n) is 6.57. The van der Waals surface area contributed by atoms with Crippen LogP contribution in [0.1, 0.15) is 29.9 Å². The lowest BCUT2D eigenvalue weighted by Crippen LogP contribution is -2.36. The number of methoxy groups -OCH3 is 1. The number of ether oxygens (including phenoxy) is 1. The third-order valence-corrected chi connectivity index (χ3v) is 4.32. The number of benzene rings is 2. The van der Waals surface area contributed by atoms with E-state index < -0.39 is 0 Å². The molecule has 0 aliphatic rings. The number of rotatable bonds is 5. The summed E-state index contributed by atoms with van der Waals surface area (Å²) in [6, 6.07) is 17.8. The maximum absolute atomic E-state index is 12.5. The van der Waals surface area contributed by atoms with E-state index in [0.29, 0.717) is 12.2 Å². The van der Waals surface area contributed by atoms with Crippen molar-refractivity contribution in [2.75, 3.05) is 13.7 Å². The minimum atomic E-state index is -0.133. The quantitative estimate of drug-likeness (QED) is 0.749. The fourth-order valence-electron chi connectivity index (χ4n) is 2.74. The Morgan fingerprint density at radius 1 is 1.12 bits per heavy atom. The number of nitrogens with one attached hydrogen (secondary N) is 2. The Labute approximate surface area is 141 Å². The second-order valence-corrected chi connectivity index (χ2v) is 6.57. The van der Waals surface area contributed by atoms with E-state index in [9.17, 15) is 4.79 Å². The number of carbonyl (C=O) groups excluding carboxylic acids is 1. The number of amides is 1. The largest absolute Gasteiger partial charge is 0.497 e. The number of hydrogen-bond acceptors (Lipinski definition) is 2. The number of aromatic nitrogens is 1. The third kappa shape index (κ3) is 3.27. The zero-order chi connectivity index (χ0) is 17.2. The number of aromatic amines is 1. The van der Waals surface area contributed by atoms with E-state index in [-0.39, 0.29) is 11.3 Å². The summed E-state index contributed by atoms with van der Waals surface area (Å²) in [4.78, 5) is 15.6. The molecular weight excluding hydrogens is 300 g/mol. The molecule has 24 heavy (non-hydrogen) atoms. The number of carbonyl (C=O) groups is 1. The van der Waals surface area contributed by atoms with Crippen molar-refractivity contribution in [1.29, 1.82) is 0 Å². The van der Waals surface area contributed by atoms with E-state index >= 15 is 0 Å². The molecule has 3 rings (SSSR count). The van der Waals surface area contributed by atoms with Gasteiger partial charge in [-0.3, -0.25) is 4.79 Å². The lowest BCUT2D eigenvalue weighted by Gasteiger charge is -2.25. The van der Waals surface area contributed by atoms with Crippen molar-refractivity contribution in [1.82, 2.24) is 10.3 Å². The first-order valence-corrected chi connectivity index (χ1v) is 8.00. The summed E-state index contributed by atoms with van der Waals surface area (Å²) >= 11 is 0. The maximum Gasteiger partial charge on any atom is 0.267 e. The third-order valence-electron chi connectivity index (χ3n) is 4.32. The summed E-state index contributed by atoms with van der Waals surface area (Å²) in [6.45, 7) is 4.81. The van der Waals surface area contributed by atoms with Crippen LogP contribution in [0.3, 0.4) is 0 Å². The van der Waals surface area contributed by atoms with Gasteiger partial charge in [0.05, 0.1) is 7.11 Å². The summed E-state index contributed by atoms with van der Waals surface area (Å²) in [5.41, 5.74) is 2.52. The lowest BCUT2D eigenvalue weighted by molar-refractivity contribution is 0.0941. The molecule has 1 heterocycles. The van der Waals surface area contributed by atoms with Gasteiger partial charge in [-0.25, -0.2) is 0 Å². The maximum atomic E-state index is 12.5. The van der Waals surface area contributed by atoms with Crippen LogP contribution in [0, 0.1) is 0 Å². The molecule has 0 radical (unpaired) electrons. The highest BCUT2D eigenvalue weighted by Gasteiger charge is 2.21. The van der Waals surface area contributed by atoms with Crippen LogP contribution in [0.2, 0.25) is 0 Å². The molecular formula is C20H22N2O2. The van der Waals surface area contributed by atoms with Crippen LogP contribution in [0.4, 0.5) is 0 Å². The standard InChI is InChI=1S/C20H22N2O2/c1-20(2,15-7-5-4-6-8-15)13-21-19(23)18-11-14-9-10-16(24-3)12-17(14)22-18/h4-12,22H,13H2,1-3H3,(H,21,23). The molecule has 0 atom stereocenters. The fraction of sp³-hybridized carbons (Fsp3) is 0.250. The van der Waals surface area contributed by atoms with Gasteiger partial charge in [-0.15, -0.1) is 0 Å². The van der Waals surface area contributed by atoms with Crippen LogP contribution in [-0.2, 0) is 5.41 Å². The molecule has 2 N–H and O–H groups in total. The van der Waals surface area contributed by atoms with Gasteiger partial charge in [0, 0.05) is 28.9 Å². The van der Waals surface area contributed by atoms with Crippen molar-refractivity contribution >= 4 is 16.8 Å². The van der Waals surface area contributed by atoms with Crippen LogP contribution >= 0.6 is 0 Å². The molecule has 4 nitrogen and oxygen atoms in total. The second kappa shape index (κ2) is 6.40. The van der Waals surface area contributed by atoms with Crippen LogP contribution in [0.15, 0.2) is 54.6 Å². The number of fused-ring (bicyclic) bond motifs is 1. The average molecular weight is 322 g/mol. The molecule has 0 saturated carbocycles. The topological polar surface area (TPSA) is 54.1 Å². The molecule has 0 aliphatic heterocycles.